The largest absolute Gasteiger partial charge is 0.458 e. The summed E-state index contributed by atoms with van der Waals surface area (Å²) in [6, 6.07) is 0. The van der Waals surface area contributed by atoms with Gasteiger partial charge in [0, 0.05) is 18.3 Å². The van der Waals surface area contributed by atoms with Crippen LogP contribution in [0.4, 0.5) is 0 Å². The summed E-state index contributed by atoms with van der Waals surface area (Å²) in [5, 5.41) is 0. The molecule has 0 amide bonds. The van der Waals surface area contributed by atoms with Crippen molar-refractivity contribution in [3.05, 3.63) is 12.2 Å². The molecule has 0 aromatic carbocycles. The zero-order valence-corrected chi connectivity index (χ0v) is 12.6. The maximum Gasteiger partial charge on any atom is 0.309 e. The van der Waals surface area contributed by atoms with Crippen LogP contribution in [-0.2, 0) is 19.1 Å². The van der Waals surface area contributed by atoms with Crippen molar-refractivity contribution in [1.29, 1.82) is 0 Å². The lowest BCUT2D eigenvalue weighted by atomic mass is 9.88. The van der Waals surface area contributed by atoms with Gasteiger partial charge in [-0.3, -0.25) is 9.59 Å². The fraction of sp³-hybridized carbons (Fsp3) is 0.765. The molecule has 0 spiro atoms. The summed E-state index contributed by atoms with van der Waals surface area (Å²) in [5.41, 5.74) is 0. The van der Waals surface area contributed by atoms with Crippen molar-refractivity contribution in [3.8, 4) is 0 Å². The molecule has 5 atom stereocenters. The predicted octanol–water partition coefficient (Wildman–Crippen LogP) is 3.01. The van der Waals surface area contributed by atoms with E-state index in [1.54, 1.807) is 0 Å². The van der Waals surface area contributed by atoms with Crippen LogP contribution in [0.2, 0.25) is 0 Å². The second kappa shape index (κ2) is 6.20. The molecule has 0 N–H and O–H groups in total. The Kier molecular flexibility index (Phi) is 4.32. The molecule has 0 aromatic heterocycles. The Morgan fingerprint density at radius 3 is 2.95 bits per heavy atom. The highest BCUT2D eigenvalue weighted by Crippen LogP contribution is 2.55. The Morgan fingerprint density at radius 1 is 1.33 bits per heavy atom. The molecule has 3 rings (SSSR count). The van der Waals surface area contributed by atoms with E-state index in [4.69, 9.17) is 9.47 Å². The first kappa shape index (κ1) is 14.6. The van der Waals surface area contributed by atoms with Gasteiger partial charge >= 0.3 is 11.9 Å². The second-order valence-electron chi connectivity index (χ2n) is 6.51. The van der Waals surface area contributed by atoms with Gasteiger partial charge in [0.25, 0.3) is 0 Å². The van der Waals surface area contributed by atoms with Gasteiger partial charge in [-0.05, 0) is 32.1 Å². The molecule has 0 aromatic rings. The van der Waals surface area contributed by atoms with Gasteiger partial charge < -0.3 is 9.47 Å². The number of carbonyl (C=O) groups excluding carboxylic acids is 2. The SMILES string of the molecule is CCC/C=C\CCCC(=O)OC1C2CC3C(=O)OC1C3C2. The third-order valence-corrected chi connectivity index (χ3v) is 5.06. The third-order valence-electron chi connectivity index (χ3n) is 5.06. The minimum atomic E-state index is -0.180. The van der Waals surface area contributed by atoms with Crippen LogP contribution in [0.3, 0.4) is 0 Å². The van der Waals surface area contributed by atoms with E-state index in [1.807, 2.05) is 0 Å². The number of allylic oxidation sites excluding steroid dienone is 2. The van der Waals surface area contributed by atoms with Crippen LogP contribution in [-0.4, -0.2) is 24.1 Å². The third kappa shape index (κ3) is 2.85. The molecule has 1 saturated heterocycles. The lowest BCUT2D eigenvalue weighted by molar-refractivity contribution is -0.161. The number of hydrogen-bond donors (Lipinski definition) is 0. The van der Waals surface area contributed by atoms with Crippen LogP contribution < -0.4 is 0 Å². The summed E-state index contributed by atoms with van der Waals surface area (Å²) in [6.45, 7) is 2.15. The van der Waals surface area contributed by atoms with Gasteiger partial charge in [0.1, 0.15) is 12.2 Å². The molecule has 3 aliphatic rings. The van der Waals surface area contributed by atoms with Crippen molar-refractivity contribution in [1.82, 2.24) is 0 Å². The number of hydrogen-bond acceptors (Lipinski definition) is 4. The van der Waals surface area contributed by atoms with Crippen LogP contribution in [0.15, 0.2) is 12.2 Å². The number of esters is 2. The van der Waals surface area contributed by atoms with Gasteiger partial charge in [-0.25, -0.2) is 0 Å². The van der Waals surface area contributed by atoms with E-state index in [0.717, 1.165) is 38.5 Å². The predicted molar refractivity (Wildman–Crippen MR) is 77.4 cm³/mol. The van der Waals surface area contributed by atoms with E-state index in [-0.39, 0.29) is 30.1 Å². The molecule has 1 heterocycles. The summed E-state index contributed by atoms with van der Waals surface area (Å²) in [5.74, 6) is 0.504. The summed E-state index contributed by atoms with van der Waals surface area (Å²) >= 11 is 0. The van der Waals surface area contributed by atoms with Crippen molar-refractivity contribution < 1.29 is 19.1 Å². The Labute approximate surface area is 125 Å². The molecule has 2 bridgehead atoms. The van der Waals surface area contributed by atoms with Crippen LogP contribution in [0.25, 0.3) is 0 Å². The van der Waals surface area contributed by atoms with Gasteiger partial charge in [0.15, 0.2) is 0 Å². The molecular formula is C17H24O4. The normalized spacial score (nSPS) is 36.4. The average Bonchev–Trinajstić information content (AvgIpc) is 3.07. The maximum absolute atomic E-state index is 11.9. The fourth-order valence-corrected chi connectivity index (χ4v) is 4.04. The fourth-order valence-electron chi connectivity index (χ4n) is 4.04. The van der Waals surface area contributed by atoms with Gasteiger partial charge in [0.2, 0.25) is 0 Å². The summed E-state index contributed by atoms with van der Waals surface area (Å²) in [7, 11) is 0. The highest BCUT2D eigenvalue weighted by atomic mass is 16.6. The van der Waals surface area contributed by atoms with E-state index in [1.165, 1.54) is 0 Å². The minimum absolute atomic E-state index is 0.0767. The standard InChI is InChI=1S/C17H24O4/c1-2-3-4-5-6-7-8-14(18)20-15-11-9-12-13(10-11)17(19)21-16(12)15/h4-5,11-13,15-16H,2-3,6-10H2,1H3/b5-4-. The van der Waals surface area contributed by atoms with E-state index in [2.05, 4.69) is 19.1 Å². The Morgan fingerprint density at radius 2 is 2.14 bits per heavy atom. The Balaban J connectivity index is 1.41. The van der Waals surface area contributed by atoms with Crippen LogP contribution >= 0.6 is 0 Å². The van der Waals surface area contributed by atoms with Crippen LogP contribution in [0.1, 0.15) is 51.9 Å². The van der Waals surface area contributed by atoms with Crippen molar-refractivity contribution in [3.63, 3.8) is 0 Å². The number of fused-ring (bicyclic) bond motifs is 1. The molecule has 1 aliphatic heterocycles. The number of carbonyl (C=O) groups is 2. The molecule has 21 heavy (non-hydrogen) atoms. The first-order valence-electron chi connectivity index (χ1n) is 8.25. The number of ether oxygens (including phenoxy) is 2. The molecule has 0 radical (unpaired) electrons. The van der Waals surface area contributed by atoms with Crippen LogP contribution in [0, 0.1) is 17.8 Å². The molecule has 116 valence electrons. The topological polar surface area (TPSA) is 52.6 Å². The summed E-state index contributed by atoms with van der Waals surface area (Å²) < 4.78 is 11.0. The zero-order valence-electron chi connectivity index (χ0n) is 12.6. The van der Waals surface area contributed by atoms with E-state index in [9.17, 15) is 9.59 Å². The molecule has 3 fully saturated rings. The zero-order chi connectivity index (χ0) is 14.8. The van der Waals surface area contributed by atoms with Crippen molar-refractivity contribution >= 4 is 11.9 Å². The molecule has 5 unspecified atom stereocenters. The summed E-state index contributed by atoms with van der Waals surface area (Å²) in [4.78, 5) is 23.6. The van der Waals surface area contributed by atoms with E-state index < -0.39 is 0 Å². The lowest BCUT2D eigenvalue weighted by Crippen LogP contribution is -2.35. The molecule has 2 saturated carbocycles. The number of unbranched alkanes of at least 4 members (excludes halogenated alkanes) is 2. The quantitative estimate of drug-likeness (QED) is 0.411. The number of rotatable bonds is 7. The molecule has 4 heteroatoms. The van der Waals surface area contributed by atoms with Crippen molar-refractivity contribution in [2.75, 3.05) is 0 Å². The Hall–Kier alpha value is -1.32. The smallest absolute Gasteiger partial charge is 0.309 e. The highest BCUT2D eigenvalue weighted by molar-refractivity contribution is 5.77. The molecular weight excluding hydrogens is 268 g/mol. The first-order valence-corrected chi connectivity index (χ1v) is 8.25. The van der Waals surface area contributed by atoms with Gasteiger partial charge in [-0.2, -0.15) is 0 Å². The van der Waals surface area contributed by atoms with Crippen LogP contribution in [0.5, 0.6) is 0 Å². The van der Waals surface area contributed by atoms with Gasteiger partial charge in [-0.1, -0.05) is 25.5 Å². The monoisotopic (exact) mass is 292 g/mol. The minimum Gasteiger partial charge on any atom is -0.458 e. The Bertz CT molecular complexity index is 442. The van der Waals surface area contributed by atoms with E-state index >= 15 is 0 Å². The van der Waals surface area contributed by atoms with Crippen molar-refractivity contribution in [2.24, 2.45) is 17.8 Å². The first-order chi connectivity index (χ1) is 10.2. The van der Waals surface area contributed by atoms with Gasteiger partial charge in [-0.15, -0.1) is 0 Å². The van der Waals surface area contributed by atoms with Gasteiger partial charge in [0.05, 0.1) is 5.92 Å². The highest BCUT2D eigenvalue weighted by Gasteiger charge is 2.63. The molecule has 4 nitrogen and oxygen atoms in total. The maximum atomic E-state index is 11.9. The van der Waals surface area contributed by atoms with E-state index in [0.29, 0.717) is 18.3 Å². The average molecular weight is 292 g/mol. The summed E-state index contributed by atoms with van der Waals surface area (Å²) in [6.07, 6.45) is 10.3. The second-order valence-corrected chi connectivity index (χ2v) is 6.51. The van der Waals surface area contributed by atoms with Crippen molar-refractivity contribution in [2.45, 2.75) is 64.1 Å². The molecule has 2 aliphatic carbocycles. The lowest BCUT2D eigenvalue weighted by Gasteiger charge is -2.25.